The molecule has 0 atom stereocenters. The summed E-state index contributed by atoms with van der Waals surface area (Å²) in [6.07, 6.45) is 5.22. The summed E-state index contributed by atoms with van der Waals surface area (Å²) in [5.74, 6) is 3.07. The van der Waals surface area contributed by atoms with Crippen LogP contribution in [0.15, 0.2) is 71.6 Å². The summed E-state index contributed by atoms with van der Waals surface area (Å²) in [6.45, 7) is 4.41. The van der Waals surface area contributed by atoms with Crippen molar-refractivity contribution in [2.75, 3.05) is 26.1 Å². The fraction of sp³-hybridized carbons (Fsp3) is 0.222. The first-order chi connectivity index (χ1) is 17.5. The molecule has 3 heterocycles. The SMILES string of the molecule is CN=CC(=C(N)COc1ccc(OC)cc1)c1cnc2ccc(Nc3cc(C(C)C)cnn3)nc2c1. The van der Waals surface area contributed by atoms with Crippen LogP contribution in [0.25, 0.3) is 16.6 Å². The van der Waals surface area contributed by atoms with Crippen molar-refractivity contribution in [3.8, 4) is 11.5 Å². The lowest BCUT2D eigenvalue weighted by Crippen LogP contribution is -2.13. The second-order valence-corrected chi connectivity index (χ2v) is 8.40. The lowest BCUT2D eigenvalue weighted by Gasteiger charge is -2.12. The van der Waals surface area contributed by atoms with E-state index in [4.69, 9.17) is 20.2 Å². The summed E-state index contributed by atoms with van der Waals surface area (Å²) in [5, 5.41) is 11.5. The van der Waals surface area contributed by atoms with Gasteiger partial charge >= 0.3 is 0 Å². The fourth-order valence-electron chi connectivity index (χ4n) is 3.50. The third-order valence-corrected chi connectivity index (χ3v) is 5.50. The number of hydrogen-bond donors (Lipinski definition) is 2. The van der Waals surface area contributed by atoms with E-state index in [0.29, 0.717) is 34.5 Å². The van der Waals surface area contributed by atoms with Crippen LogP contribution in [-0.4, -0.2) is 47.1 Å². The van der Waals surface area contributed by atoms with Gasteiger partial charge in [0.2, 0.25) is 0 Å². The Kier molecular flexibility index (Phi) is 7.69. The highest BCUT2D eigenvalue weighted by Gasteiger charge is 2.10. The summed E-state index contributed by atoms with van der Waals surface area (Å²) in [4.78, 5) is 13.5. The summed E-state index contributed by atoms with van der Waals surface area (Å²) in [6, 6.07) is 15.0. The smallest absolute Gasteiger partial charge is 0.154 e. The summed E-state index contributed by atoms with van der Waals surface area (Å²) in [5.41, 5.74) is 11.0. The molecule has 0 fully saturated rings. The van der Waals surface area contributed by atoms with Gasteiger partial charge in [0.15, 0.2) is 5.82 Å². The first kappa shape index (κ1) is 24.6. The second-order valence-electron chi connectivity index (χ2n) is 8.40. The number of nitrogens with zero attached hydrogens (tertiary/aromatic N) is 5. The van der Waals surface area contributed by atoms with Crippen molar-refractivity contribution in [3.63, 3.8) is 0 Å². The van der Waals surface area contributed by atoms with Gasteiger partial charge < -0.3 is 20.5 Å². The molecular weight excluding hydrogens is 454 g/mol. The topological polar surface area (TPSA) is 120 Å². The summed E-state index contributed by atoms with van der Waals surface area (Å²) < 4.78 is 11.0. The highest BCUT2D eigenvalue weighted by molar-refractivity contribution is 6.11. The molecule has 4 rings (SSSR count). The lowest BCUT2D eigenvalue weighted by atomic mass is 10.1. The molecule has 0 unspecified atom stereocenters. The van der Waals surface area contributed by atoms with Crippen LogP contribution in [-0.2, 0) is 0 Å². The number of anilines is 2. The van der Waals surface area contributed by atoms with E-state index in [1.807, 2.05) is 48.5 Å². The van der Waals surface area contributed by atoms with Gasteiger partial charge in [-0.2, -0.15) is 5.10 Å². The minimum absolute atomic E-state index is 0.186. The monoisotopic (exact) mass is 483 g/mol. The molecule has 3 N–H and O–H groups in total. The average Bonchev–Trinajstić information content (AvgIpc) is 2.90. The first-order valence-corrected chi connectivity index (χ1v) is 11.5. The van der Waals surface area contributed by atoms with Crippen LogP contribution in [0.1, 0.15) is 30.9 Å². The van der Waals surface area contributed by atoms with Gasteiger partial charge in [-0.3, -0.25) is 9.98 Å². The van der Waals surface area contributed by atoms with Gasteiger partial charge in [0, 0.05) is 30.6 Å². The Morgan fingerprint density at radius 2 is 1.81 bits per heavy atom. The van der Waals surface area contributed by atoms with Crippen LogP contribution in [0.5, 0.6) is 11.5 Å². The standard InChI is InChI=1S/C27H29N7O2/c1-17(2)18-12-27(34-31-14-18)33-26-10-9-24-25(32-26)11-19(13-30-24)22(15-29-3)23(28)16-36-21-7-5-20(35-4)6-8-21/h5-15,17H,16,28H2,1-4H3,(H,32,33,34). The molecule has 9 nitrogen and oxygen atoms in total. The maximum Gasteiger partial charge on any atom is 0.154 e. The number of aliphatic imine (C=N–C) groups is 1. The van der Waals surface area contributed by atoms with Gasteiger partial charge in [0.05, 0.1) is 30.0 Å². The minimum atomic E-state index is 0.186. The predicted molar refractivity (Wildman–Crippen MR) is 143 cm³/mol. The Balaban J connectivity index is 1.59. The largest absolute Gasteiger partial charge is 0.497 e. The number of hydrogen-bond acceptors (Lipinski definition) is 9. The number of pyridine rings is 2. The molecule has 0 saturated heterocycles. The van der Waals surface area contributed by atoms with Crippen molar-refractivity contribution in [2.45, 2.75) is 19.8 Å². The number of rotatable bonds is 9. The minimum Gasteiger partial charge on any atom is -0.497 e. The molecule has 0 aliphatic heterocycles. The van der Waals surface area contributed by atoms with Crippen LogP contribution in [0.4, 0.5) is 11.6 Å². The number of allylic oxidation sites excluding steroid dienone is 1. The molecule has 0 aliphatic carbocycles. The number of fused-ring (bicyclic) bond motifs is 1. The fourth-order valence-corrected chi connectivity index (χ4v) is 3.50. The number of benzene rings is 1. The Morgan fingerprint density at radius 3 is 2.53 bits per heavy atom. The van der Waals surface area contributed by atoms with Crippen LogP contribution in [0, 0.1) is 0 Å². The first-order valence-electron chi connectivity index (χ1n) is 11.5. The van der Waals surface area contributed by atoms with Crippen LogP contribution < -0.4 is 20.5 Å². The molecule has 0 aliphatic rings. The third kappa shape index (κ3) is 5.93. The van der Waals surface area contributed by atoms with Crippen molar-refractivity contribution in [2.24, 2.45) is 10.7 Å². The van der Waals surface area contributed by atoms with E-state index in [1.165, 1.54) is 0 Å². The van der Waals surface area contributed by atoms with Crippen LogP contribution in [0.2, 0.25) is 0 Å². The Hall–Kier alpha value is -4.53. The number of nitrogens with two attached hydrogens (primary N) is 1. The average molecular weight is 484 g/mol. The molecule has 184 valence electrons. The van der Waals surface area contributed by atoms with Gasteiger partial charge in [0.1, 0.15) is 23.9 Å². The molecule has 36 heavy (non-hydrogen) atoms. The van der Waals surface area contributed by atoms with E-state index in [1.54, 1.807) is 32.8 Å². The van der Waals surface area contributed by atoms with Crippen LogP contribution in [0.3, 0.4) is 0 Å². The van der Waals surface area contributed by atoms with E-state index in [2.05, 4.69) is 39.3 Å². The van der Waals surface area contributed by atoms with Crippen molar-refractivity contribution in [3.05, 3.63) is 77.7 Å². The quantitative estimate of drug-likeness (QED) is 0.327. The van der Waals surface area contributed by atoms with Gasteiger partial charge in [-0.25, -0.2) is 4.98 Å². The maximum atomic E-state index is 6.42. The molecule has 0 bridgehead atoms. The molecule has 0 amide bonds. The Labute approximate surface area is 210 Å². The zero-order valence-electron chi connectivity index (χ0n) is 20.8. The molecule has 3 aromatic heterocycles. The summed E-state index contributed by atoms with van der Waals surface area (Å²) >= 11 is 0. The normalized spacial score (nSPS) is 12.1. The van der Waals surface area contributed by atoms with E-state index < -0.39 is 0 Å². The van der Waals surface area contributed by atoms with Gasteiger partial charge in [-0.05, 0) is 60.0 Å². The molecule has 0 radical (unpaired) electrons. The van der Waals surface area contributed by atoms with Gasteiger partial charge in [-0.1, -0.05) is 13.8 Å². The predicted octanol–water partition coefficient (Wildman–Crippen LogP) is 4.74. The number of methoxy groups -OCH3 is 1. The van der Waals surface area contributed by atoms with Gasteiger partial charge in [0.25, 0.3) is 0 Å². The highest BCUT2D eigenvalue weighted by atomic mass is 16.5. The number of aromatic nitrogens is 4. The van der Waals surface area contributed by atoms with Crippen molar-refractivity contribution >= 4 is 34.5 Å². The zero-order chi connectivity index (χ0) is 25.5. The third-order valence-electron chi connectivity index (χ3n) is 5.50. The number of ether oxygens (including phenoxy) is 2. The zero-order valence-corrected chi connectivity index (χ0v) is 20.8. The molecule has 0 saturated carbocycles. The van der Waals surface area contributed by atoms with Crippen molar-refractivity contribution < 1.29 is 9.47 Å². The van der Waals surface area contributed by atoms with E-state index in [9.17, 15) is 0 Å². The second kappa shape index (κ2) is 11.3. The van der Waals surface area contributed by atoms with E-state index in [0.717, 1.165) is 28.0 Å². The van der Waals surface area contributed by atoms with Crippen molar-refractivity contribution in [1.82, 2.24) is 20.2 Å². The lowest BCUT2D eigenvalue weighted by molar-refractivity contribution is 0.350. The van der Waals surface area contributed by atoms with Crippen molar-refractivity contribution in [1.29, 1.82) is 0 Å². The summed E-state index contributed by atoms with van der Waals surface area (Å²) in [7, 11) is 3.31. The Morgan fingerprint density at radius 1 is 1.03 bits per heavy atom. The molecular formula is C27H29N7O2. The molecule has 4 aromatic rings. The maximum absolute atomic E-state index is 6.42. The molecule has 1 aromatic carbocycles. The van der Waals surface area contributed by atoms with Gasteiger partial charge in [-0.15, -0.1) is 5.10 Å². The number of nitrogens with one attached hydrogen (secondary N) is 1. The van der Waals surface area contributed by atoms with E-state index in [-0.39, 0.29) is 6.61 Å². The molecule has 0 spiro atoms. The highest BCUT2D eigenvalue weighted by Crippen LogP contribution is 2.23. The van der Waals surface area contributed by atoms with Crippen LogP contribution >= 0.6 is 0 Å². The Bertz CT molecular complexity index is 1400. The molecule has 9 heteroatoms. The van der Waals surface area contributed by atoms with E-state index >= 15 is 0 Å².